The van der Waals surface area contributed by atoms with Crippen LogP contribution in [0, 0.1) is 0 Å². The molecule has 0 bridgehead atoms. The van der Waals surface area contributed by atoms with Crippen LogP contribution in [0.3, 0.4) is 0 Å². The lowest BCUT2D eigenvalue weighted by atomic mass is 10.2. The minimum atomic E-state index is -3.90. The van der Waals surface area contributed by atoms with E-state index in [1.165, 1.54) is 44.2 Å². The number of thiophene rings is 1. The van der Waals surface area contributed by atoms with Crippen molar-refractivity contribution in [2.75, 3.05) is 13.1 Å². The third-order valence-corrected chi connectivity index (χ3v) is 10.3. The normalized spacial score (nSPS) is 15.4. The van der Waals surface area contributed by atoms with Crippen molar-refractivity contribution < 1.29 is 16.8 Å². The average molecular weight is 511 g/mol. The molecule has 4 rings (SSSR count). The van der Waals surface area contributed by atoms with Gasteiger partial charge >= 0.3 is 0 Å². The maximum Gasteiger partial charge on any atom is 0.243 e. The van der Waals surface area contributed by atoms with Gasteiger partial charge in [-0.1, -0.05) is 35.9 Å². The summed E-state index contributed by atoms with van der Waals surface area (Å²) in [6.07, 6.45) is 1.68. The predicted octanol–water partition coefficient (Wildman–Crippen LogP) is 4.58. The molecule has 6 nitrogen and oxygen atoms in total. The molecular formula is C22H23ClN2O4S3. The third kappa shape index (κ3) is 4.93. The quantitative estimate of drug-likeness (QED) is 0.444. The number of rotatable bonds is 8. The summed E-state index contributed by atoms with van der Waals surface area (Å²) in [7, 11) is -7.51. The van der Waals surface area contributed by atoms with Crippen LogP contribution in [0.5, 0.6) is 0 Å². The van der Waals surface area contributed by atoms with E-state index in [0.717, 1.165) is 17.7 Å². The first-order chi connectivity index (χ1) is 15.3. The van der Waals surface area contributed by atoms with Crippen LogP contribution in [0.15, 0.2) is 75.8 Å². The van der Waals surface area contributed by atoms with Crippen LogP contribution in [0.25, 0.3) is 0 Å². The van der Waals surface area contributed by atoms with Gasteiger partial charge in [-0.05, 0) is 60.2 Å². The summed E-state index contributed by atoms with van der Waals surface area (Å²) in [5, 5.41) is 2.39. The Morgan fingerprint density at radius 2 is 1.50 bits per heavy atom. The van der Waals surface area contributed by atoms with Crippen molar-refractivity contribution in [2.45, 2.75) is 35.7 Å². The van der Waals surface area contributed by atoms with Gasteiger partial charge in [0.25, 0.3) is 0 Å². The molecule has 32 heavy (non-hydrogen) atoms. The van der Waals surface area contributed by atoms with E-state index in [-0.39, 0.29) is 22.9 Å². The molecule has 0 unspecified atom stereocenters. The SMILES string of the molecule is O=S(=O)(c1ccc(S(=O)(=O)N(Cc2cccs2)Cc2ccccc2Cl)cc1)N1CCCC1. The molecule has 2 aromatic carbocycles. The first-order valence-corrected chi connectivity index (χ1v) is 14.3. The lowest BCUT2D eigenvalue weighted by molar-refractivity contribution is 0.404. The molecule has 1 fully saturated rings. The molecule has 170 valence electrons. The molecule has 2 heterocycles. The summed E-state index contributed by atoms with van der Waals surface area (Å²) < 4.78 is 55.4. The molecular weight excluding hydrogens is 488 g/mol. The molecule has 0 aliphatic carbocycles. The number of sulfonamides is 2. The molecule has 1 aliphatic heterocycles. The topological polar surface area (TPSA) is 74.8 Å². The van der Waals surface area contributed by atoms with Gasteiger partial charge in [0.2, 0.25) is 20.0 Å². The first kappa shape index (κ1) is 23.4. The number of nitrogens with zero attached hydrogens (tertiary/aromatic N) is 2. The number of halogens is 1. The maximum atomic E-state index is 13.5. The van der Waals surface area contributed by atoms with Crippen molar-refractivity contribution in [1.82, 2.24) is 8.61 Å². The zero-order valence-electron chi connectivity index (χ0n) is 17.2. The fourth-order valence-electron chi connectivity index (χ4n) is 3.63. The van der Waals surface area contributed by atoms with Gasteiger partial charge < -0.3 is 0 Å². The van der Waals surface area contributed by atoms with Crippen molar-refractivity contribution in [3.8, 4) is 0 Å². The molecule has 0 spiro atoms. The van der Waals surface area contributed by atoms with Gasteiger partial charge in [-0.25, -0.2) is 16.8 Å². The predicted molar refractivity (Wildman–Crippen MR) is 127 cm³/mol. The highest BCUT2D eigenvalue weighted by molar-refractivity contribution is 7.89. The van der Waals surface area contributed by atoms with Crippen LogP contribution in [0.4, 0.5) is 0 Å². The van der Waals surface area contributed by atoms with Crippen molar-refractivity contribution in [2.24, 2.45) is 0 Å². The summed E-state index contributed by atoms with van der Waals surface area (Å²) in [4.78, 5) is 1.05. The second kappa shape index (κ2) is 9.62. The Balaban J connectivity index is 1.65. The van der Waals surface area contributed by atoms with Crippen molar-refractivity contribution in [3.05, 3.63) is 81.5 Å². The highest BCUT2D eigenvalue weighted by Crippen LogP contribution is 2.27. The summed E-state index contributed by atoms with van der Waals surface area (Å²) in [5.74, 6) is 0. The van der Waals surface area contributed by atoms with E-state index in [4.69, 9.17) is 11.6 Å². The fraction of sp³-hybridized carbons (Fsp3) is 0.273. The van der Waals surface area contributed by atoms with Gasteiger partial charge in [0, 0.05) is 36.1 Å². The van der Waals surface area contributed by atoms with Gasteiger partial charge in [-0.3, -0.25) is 0 Å². The summed E-state index contributed by atoms with van der Waals surface area (Å²) in [6, 6.07) is 16.4. The summed E-state index contributed by atoms with van der Waals surface area (Å²) in [6.45, 7) is 1.29. The zero-order chi connectivity index (χ0) is 22.8. The van der Waals surface area contributed by atoms with E-state index in [1.54, 1.807) is 18.2 Å². The molecule has 0 saturated carbocycles. The molecule has 0 amide bonds. The molecule has 0 N–H and O–H groups in total. The van der Waals surface area contributed by atoms with Gasteiger partial charge in [0.05, 0.1) is 9.79 Å². The van der Waals surface area contributed by atoms with Crippen LogP contribution >= 0.6 is 22.9 Å². The molecule has 0 radical (unpaired) electrons. The van der Waals surface area contributed by atoms with Gasteiger partial charge in [0.1, 0.15) is 0 Å². The van der Waals surface area contributed by atoms with Crippen molar-refractivity contribution in [1.29, 1.82) is 0 Å². The second-order valence-corrected chi connectivity index (χ2v) is 12.8. The van der Waals surface area contributed by atoms with E-state index in [2.05, 4.69) is 0 Å². The van der Waals surface area contributed by atoms with Crippen molar-refractivity contribution >= 4 is 43.0 Å². The smallest absolute Gasteiger partial charge is 0.207 e. The van der Waals surface area contributed by atoms with Gasteiger partial charge in [0.15, 0.2) is 0 Å². The highest BCUT2D eigenvalue weighted by Gasteiger charge is 2.29. The van der Waals surface area contributed by atoms with Crippen molar-refractivity contribution in [3.63, 3.8) is 0 Å². The molecule has 3 aromatic rings. The second-order valence-electron chi connectivity index (χ2n) is 7.53. The minimum absolute atomic E-state index is 0.0430. The third-order valence-electron chi connectivity index (χ3n) is 5.38. The van der Waals surface area contributed by atoms with Crippen LogP contribution in [0.1, 0.15) is 23.3 Å². The monoisotopic (exact) mass is 510 g/mol. The number of benzene rings is 2. The zero-order valence-corrected chi connectivity index (χ0v) is 20.4. The van der Waals surface area contributed by atoms with Crippen LogP contribution < -0.4 is 0 Å². The Labute approximate surface area is 198 Å². The average Bonchev–Trinajstić information content (AvgIpc) is 3.49. The van der Waals surface area contributed by atoms with Gasteiger partial charge in [-0.15, -0.1) is 11.3 Å². The van der Waals surface area contributed by atoms with Crippen LogP contribution in [0.2, 0.25) is 5.02 Å². The van der Waals surface area contributed by atoms with Gasteiger partial charge in [-0.2, -0.15) is 8.61 Å². The Bertz CT molecular complexity index is 1270. The van der Waals surface area contributed by atoms with E-state index in [1.807, 2.05) is 23.6 Å². The molecule has 10 heteroatoms. The summed E-state index contributed by atoms with van der Waals surface area (Å²) >= 11 is 7.76. The van der Waals surface area contributed by atoms with E-state index >= 15 is 0 Å². The standard InChI is InChI=1S/C22H23ClN2O4S3/c23-22-8-2-1-6-18(22)16-25(17-19-7-5-15-30-19)32(28,29)21-11-9-20(10-12-21)31(26,27)24-13-3-4-14-24/h1-2,5-12,15H,3-4,13-14,16-17H2. The molecule has 1 aromatic heterocycles. The first-order valence-electron chi connectivity index (χ1n) is 10.1. The van der Waals surface area contributed by atoms with Crippen LogP contribution in [-0.2, 0) is 33.1 Å². The fourth-order valence-corrected chi connectivity index (χ4v) is 7.54. The number of hydrogen-bond acceptors (Lipinski definition) is 5. The minimum Gasteiger partial charge on any atom is -0.207 e. The van der Waals surface area contributed by atoms with E-state index in [9.17, 15) is 16.8 Å². The number of hydrogen-bond donors (Lipinski definition) is 0. The Morgan fingerprint density at radius 1 is 0.844 bits per heavy atom. The van der Waals surface area contributed by atoms with Crippen LogP contribution in [-0.4, -0.2) is 38.5 Å². The molecule has 1 saturated heterocycles. The molecule has 0 atom stereocenters. The largest absolute Gasteiger partial charge is 0.243 e. The van der Waals surface area contributed by atoms with E-state index < -0.39 is 20.0 Å². The lowest BCUT2D eigenvalue weighted by Gasteiger charge is -2.23. The van der Waals surface area contributed by atoms with E-state index in [0.29, 0.717) is 23.7 Å². The Kier molecular flexibility index (Phi) is 7.04. The Hall–Kier alpha value is -1.75. The molecule has 1 aliphatic rings. The Morgan fingerprint density at radius 3 is 2.12 bits per heavy atom. The highest BCUT2D eigenvalue weighted by atomic mass is 35.5. The summed E-state index contributed by atoms with van der Waals surface area (Å²) in [5.41, 5.74) is 0.697. The maximum absolute atomic E-state index is 13.5. The lowest BCUT2D eigenvalue weighted by Crippen LogP contribution is -2.30.